The molecule has 1 amide bonds. The maximum absolute atomic E-state index is 12.2. The number of hydrogen-bond acceptors (Lipinski definition) is 2. The van der Waals surface area contributed by atoms with E-state index in [4.69, 9.17) is 0 Å². The monoisotopic (exact) mass is 248 g/mol. The van der Waals surface area contributed by atoms with Crippen LogP contribution < -0.4 is 10.6 Å². The van der Waals surface area contributed by atoms with Crippen molar-refractivity contribution >= 4 is 11.6 Å². The Morgan fingerprint density at radius 2 is 1.94 bits per heavy atom. The van der Waals surface area contributed by atoms with Crippen LogP contribution in [0.2, 0.25) is 0 Å². The lowest BCUT2D eigenvalue weighted by atomic mass is 10.0. The number of aryl methyl sites for hydroxylation is 1. The van der Waals surface area contributed by atoms with Gasteiger partial charge in [0.05, 0.1) is 5.56 Å². The van der Waals surface area contributed by atoms with Crippen molar-refractivity contribution in [2.75, 3.05) is 12.4 Å². The predicted molar refractivity (Wildman–Crippen MR) is 77.1 cm³/mol. The van der Waals surface area contributed by atoms with E-state index in [9.17, 15) is 4.79 Å². The van der Waals surface area contributed by atoms with Gasteiger partial charge < -0.3 is 10.6 Å². The Morgan fingerprint density at radius 1 is 1.28 bits per heavy atom. The lowest BCUT2D eigenvalue weighted by Crippen LogP contribution is -2.33. The molecule has 0 aliphatic heterocycles. The van der Waals surface area contributed by atoms with Crippen LogP contribution in [-0.2, 0) is 0 Å². The first-order valence-corrected chi connectivity index (χ1v) is 6.53. The van der Waals surface area contributed by atoms with Crippen LogP contribution in [0.15, 0.2) is 18.2 Å². The van der Waals surface area contributed by atoms with E-state index in [0.717, 1.165) is 17.7 Å². The molecule has 1 atom stereocenters. The lowest BCUT2D eigenvalue weighted by molar-refractivity contribution is 0.0937. The minimum absolute atomic E-state index is 0.00352. The quantitative estimate of drug-likeness (QED) is 0.840. The van der Waals surface area contributed by atoms with Gasteiger partial charge in [0, 0.05) is 18.8 Å². The summed E-state index contributed by atoms with van der Waals surface area (Å²) in [5.74, 6) is 0.581. The molecule has 0 radical (unpaired) electrons. The van der Waals surface area contributed by atoms with Gasteiger partial charge in [-0.1, -0.05) is 25.5 Å². The normalized spacial score (nSPS) is 12.3. The largest absolute Gasteiger partial charge is 0.387 e. The van der Waals surface area contributed by atoms with Crippen LogP contribution in [0, 0.1) is 12.8 Å². The Bertz CT molecular complexity index is 413. The molecule has 0 fully saturated rings. The molecule has 0 saturated heterocycles. The minimum Gasteiger partial charge on any atom is -0.387 e. The zero-order valence-corrected chi connectivity index (χ0v) is 12.0. The number of carbonyl (C=O) groups excluding carboxylic acids is 1. The first-order valence-electron chi connectivity index (χ1n) is 6.53. The fraction of sp³-hybridized carbons (Fsp3) is 0.533. The van der Waals surface area contributed by atoms with Crippen LogP contribution in [0.3, 0.4) is 0 Å². The molecule has 0 aromatic heterocycles. The van der Waals surface area contributed by atoms with Crippen molar-refractivity contribution in [1.29, 1.82) is 0 Å². The van der Waals surface area contributed by atoms with Gasteiger partial charge >= 0.3 is 0 Å². The number of rotatable bonds is 5. The van der Waals surface area contributed by atoms with E-state index in [0.29, 0.717) is 11.5 Å². The molecule has 0 aliphatic rings. The molecule has 18 heavy (non-hydrogen) atoms. The summed E-state index contributed by atoms with van der Waals surface area (Å²) in [7, 11) is 1.83. The van der Waals surface area contributed by atoms with E-state index in [1.807, 2.05) is 39.1 Å². The first kappa shape index (κ1) is 14.6. The average molecular weight is 248 g/mol. The van der Waals surface area contributed by atoms with Crippen LogP contribution in [0.4, 0.5) is 5.69 Å². The molecule has 1 rings (SSSR count). The van der Waals surface area contributed by atoms with Gasteiger partial charge in [0.2, 0.25) is 0 Å². The Kier molecular flexibility index (Phi) is 5.20. The van der Waals surface area contributed by atoms with E-state index in [1.165, 1.54) is 0 Å². The Balaban J connectivity index is 2.80. The van der Waals surface area contributed by atoms with Crippen molar-refractivity contribution in [3.05, 3.63) is 29.3 Å². The van der Waals surface area contributed by atoms with Gasteiger partial charge in [0.1, 0.15) is 0 Å². The Morgan fingerprint density at radius 3 is 2.50 bits per heavy atom. The van der Waals surface area contributed by atoms with Gasteiger partial charge in [0.25, 0.3) is 5.91 Å². The summed E-state index contributed by atoms with van der Waals surface area (Å²) >= 11 is 0. The highest BCUT2D eigenvalue weighted by Gasteiger charge is 2.14. The topological polar surface area (TPSA) is 41.1 Å². The number of hydrogen-bond donors (Lipinski definition) is 2. The minimum atomic E-state index is -0.00352. The maximum atomic E-state index is 12.2. The summed E-state index contributed by atoms with van der Waals surface area (Å²) in [6, 6.07) is 6.06. The average Bonchev–Trinajstić information content (AvgIpc) is 2.27. The van der Waals surface area contributed by atoms with Crippen LogP contribution in [0.25, 0.3) is 0 Å². The fourth-order valence-electron chi connectivity index (χ4n) is 2.13. The van der Waals surface area contributed by atoms with Crippen LogP contribution in [-0.4, -0.2) is 19.0 Å². The second-order valence-electron chi connectivity index (χ2n) is 5.30. The zero-order valence-electron chi connectivity index (χ0n) is 12.0. The summed E-state index contributed by atoms with van der Waals surface area (Å²) in [5, 5.41) is 6.11. The zero-order chi connectivity index (χ0) is 13.7. The lowest BCUT2D eigenvalue weighted by Gasteiger charge is -2.17. The molecule has 2 N–H and O–H groups in total. The van der Waals surface area contributed by atoms with Crippen LogP contribution in [0.5, 0.6) is 0 Å². The second-order valence-corrected chi connectivity index (χ2v) is 5.30. The third kappa shape index (κ3) is 4.06. The molecule has 1 aromatic carbocycles. The highest BCUT2D eigenvalue weighted by molar-refractivity contribution is 5.99. The van der Waals surface area contributed by atoms with E-state index in [2.05, 4.69) is 24.5 Å². The number of amides is 1. The molecule has 1 aromatic rings. The Labute approximate surface area is 110 Å². The molecular weight excluding hydrogens is 224 g/mol. The molecule has 0 saturated carbocycles. The van der Waals surface area contributed by atoms with E-state index in [1.54, 1.807) is 0 Å². The molecule has 0 heterocycles. The second kappa shape index (κ2) is 6.43. The van der Waals surface area contributed by atoms with Crippen molar-refractivity contribution in [1.82, 2.24) is 5.32 Å². The summed E-state index contributed by atoms with van der Waals surface area (Å²) in [4.78, 5) is 12.2. The van der Waals surface area contributed by atoms with E-state index < -0.39 is 0 Å². The molecule has 0 aliphatic carbocycles. The van der Waals surface area contributed by atoms with Crippen LogP contribution in [0.1, 0.15) is 43.1 Å². The molecule has 1 unspecified atom stereocenters. The number of benzene rings is 1. The number of nitrogens with one attached hydrogen (secondary N) is 2. The molecule has 3 nitrogen and oxygen atoms in total. The van der Waals surface area contributed by atoms with Crippen molar-refractivity contribution in [2.45, 2.75) is 40.2 Å². The van der Waals surface area contributed by atoms with Gasteiger partial charge in [-0.25, -0.2) is 0 Å². The summed E-state index contributed by atoms with van der Waals surface area (Å²) < 4.78 is 0. The first-order chi connectivity index (χ1) is 8.43. The molecule has 0 bridgehead atoms. The molecule has 3 heteroatoms. The molecule has 0 spiro atoms. The van der Waals surface area contributed by atoms with Crippen molar-refractivity contribution in [3.8, 4) is 0 Å². The highest BCUT2D eigenvalue weighted by Crippen LogP contribution is 2.17. The third-order valence-electron chi connectivity index (χ3n) is 2.89. The summed E-state index contributed by atoms with van der Waals surface area (Å²) in [6.07, 6.45) is 0.993. The van der Waals surface area contributed by atoms with E-state index >= 15 is 0 Å². The maximum Gasteiger partial charge on any atom is 0.253 e. The summed E-state index contributed by atoms with van der Waals surface area (Å²) in [5.41, 5.74) is 2.68. The van der Waals surface area contributed by atoms with E-state index in [-0.39, 0.29) is 11.9 Å². The van der Waals surface area contributed by atoms with Gasteiger partial charge in [-0.05, 0) is 38.3 Å². The van der Waals surface area contributed by atoms with Crippen LogP contribution >= 0.6 is 0 Å². The molecule has 100 valence electrons. The van der Waals surface area contributed by atoms with Crippen molar-refractivity contribution < 1.29 is 4.79 Å². The van der Waals surface area contributed by atoms with Gasteiger partial charge in [-0.3, -0.25) is 4.79 Å². The predicted octanol–water partition coefficient (Wildman–Crippen LogP) is 3.20. The SMILES string of the molecule is CNc1ccc(C)cc1C(=O)NC(C)CC(C)C. The standard InChI is InChI=1S/C15H24N2O/c1-10(2)8-12(4)17-15(18)13-9-11(3)6-7-14(13)16-5/h6-7,9-10,12,16H,8H2,1-5H3,(H,17,18). The molecular formula is C15H24N2O. The fourth-order valence-corrected chi connectivity index (χ4v) is 2.13. The van der Waals surface area contributed by atoms with Crippen molar-refractivity contribution in [3.63, 3.8) is 0 Å². The van der Waals surface area contributed by atoms with Crippen molar-refractivity contribution in [2.24, 2.45) is 5.92 Å². The number of anilines is 1. The van der Waals surface area contributed by atoms with Gasteiger partial charge in [-0.15, -0.1) is 0 Å². The smallest absolute Gasteiger partial charge is 0.253 e. The number of carbonyl (C=O) groups is 1. The Hall–Kier alpha value is -1.51. The highest BCUT2D eigenvalue weighted by atomic mass is 16.1. The van der Waals surface area contributed by atoms with Gasteiger partial charge in [-0.2, -0.15) is 0 Å². The third-order valence-corrected chi connectivity index (χ3v) is 2.89. The summed E-state index contributed by atoms with van der Waals surface area (Å²) in [6.45, 7) is 8.36. The van der Waals surface area contributed by atoms with Gasteiger partial charge in [0.15, 0.2) is 0 Å².